The van der Waals surface area contributed by atoms with Crippen molar-refractivity contribution >= 4 is 17.3 Å². The van der Waals surface area contributed by atoms with Gasteiger partial charge < -0.3 is 20.1 Å². The van der Waals surface area contributed by atoms with Gasteiger partial charge in [-0.15, -0.1) is 0 Å². The molecule has 2 N–H and O–H groups in total. The Hall–Kier alpha value is -1.93. The highest BCUT2D eigenvalue weighted by atomic mass is 16.6. The van der Waals surface area contributed by atoms with E-state index < -0.39 is 4.92 Å². The molecule has 2 atom stereocenters. The zero-order valence-corrected chi connectivity index (χ0v) is 11.4. The molecule has 1 fully saturated rings. The van der Waals surface area contributed by atoms with Crippen LogP contribution in [0.3, 0.4) is 0 Å². The third kappa shape index (κ3) is 3.14. The van der Waals surface area contributed by atoms with Crippen LogP contribution in [0, 0.1) is 10.1 Å². The second-order valence-electron chi connectivity index (χ2n) is 4.73. The Bertz CT molecular complexity index is 496. The first-order valence-electron chi connectivity index (χ1n) is 6.39. The van der Waals surface area contributed by atoms with Crippen molar-refractivity contribution in [1.82, 2.24) is 4.98 Å². The lowest BCUT2D eigenvalue weighted by Crippen LogP contribution is -2.48. The minimum absolute atomic E-state index is 0.0148. The standard InChI is InChI=1S/C12H18N4O4/c1-8-5-15(6-10(7-17)20-8)12-4-9(16(18)19)3-11(13-2)14-12/h3-4,8,10,17H,5-7H2,1-2H3,(H,13,14). The summed E-state index contributed by atoms with van der Waals surface area (Å²) in [5, 5.41) is 23.0. The molecule has 1 aromatic heterocycles. The van der Waals surface area contributed by atoms with E-state index in [9.17, 15) is 15.2 Å². The van der Waals surface area contributed by atoms with Crippen molar-refractivity contribution in [3.8, 4) is 0 Å². The van der Waals surface area contributed by atoms with Crippen molar-refractivity contribution in [2.75, 3.05) is 37.0 Å². The second kappa shape index (κ2) is 6.02. The highest BCUT2D eigenvalue weighted by Crippen LogP contribution is 2.25. The van der Waals surface area contributed by atoms with E-state index in [1.54, 1.807) is 7.05 Å². The molecule has 0 aliphatic carbocycles. The summed E-state index contributed by atoms with van der Waals surface area (Å²) in [4.78, 5) is 16.7. The number of rotatable bonds is 4. The number of ether oxygens (including phenoxy) is 1. The minimum atomic E-state index is -0.445. The van der Waals surface area contributed by atoms with Crippen LogP contribution in [-0.2, 0) is 4.74 Å². The monoisotopic (exact) mass is 282 g/mol. The van der Waals surface area contributed by atoms with Gasteiger partial charge in [0.1, 0.15) is 11.6 Å². The molecule has 8 nitrogen and oxygen atoms in total. The number of nitrogens with one attached hydrogen (secondary N) is 1. The van der Waals surface area contributed by atoms with Gasteiger partial charge in [-0.1, -0.05) is 0 Å². The third-order valence-corrected chi connectivity index (χ3v) is 3.12. The first-order chi connectivity index (χ1) is 9.53. The molecule has 1 aliphatic heterocycles. The van der Waals surface area contributed by atoms with Crippen LogP contribution in [0.1, 0.15) is 6.92 Å². The average Bonchev–Trinajstić information content (AvgIpc) is 2.45. The Morgan fingerprint density at radius 3 is 2.95 bits per heavy atom. The third-order valence-electron chi connectivity index (χ3n) is 3.12. The lowest BCUT2D eigenvalue weighted by molar-refractivity contribution is -0.384. The van der Waals surface area contributed by atoms with Crippen LogP contribution in [-0.4, -0.2) is 54.0 Å². The van der Waals surface area contributed by atoms with Gasteiger partial charge in [-0.25, -0.2) is 4.98 Å². The molecule has 2 rings (SSSR count). The van der Waals surface area contributed by atoms with E-state index in [4.69, 9.17) is 4.74 Å². The first kappa shape index (κ1) is 14.5. The van der Waals surface area contributed by atoms with Crippen LogP contribution in [0.4, 0.5) is 17.3 Å². The van der Waals surface area contributed by atoms with Gasteiger partial charge in [-0.05, 0) is 6.92 Å². The first-order valence-corrected chi connectivity index (χ1v) is 6.39. The molecule has 0 amide bonds. The number of nitrogens with zero attached hydrogens (tertiary/aromatic N) is 3. The molecule has 20 heavy (non-hydrogen) atoms. The summed E-state index contributed by atoms with van der Waals surface area (Å²) >= 11 is 0. The van der Waals surface area contributed by atoms with Crippen molar-refractivity contribution in [1.29, 1.82) is 0 Å². The molecular formula is C12H18N4O4. The summed E-state index contributed by atoms with van der Waals surface area (Å²) in [7, 11) is 1.66. The maximum atomic E-state index is 11.0. The van der Waals surface area contributed by atoms with Gasteiger partial charge >= 0.3 is 0 Å². The van der Waals surface area contributed by atoms with Gasteiger partial charge in [0.25, 0.3) is 5.69 Å². The molecule has 0 saturated carbocycles. The molecule has 110 valence electrons. The Kier molecular flexibility index (Phi) is 4.35. The van der Waals surface area contributed by atoms with Crippen molar-refractivity contribution in [3.63, 3.8) is 0 Å². The molecule has 1 saturated heterocycles. The zero-order chi connectivity index (χ0) is 14.7. The van der Waals surface area contributed by atoms with Gasteiger partial charge in [0.2, 0.25) is 0 Å². The minimum Gasteiger partial charge on any atom is -0.394 e. The summed E-state index contributed by atoms with van der Waals surface area (Å²) in [6.45, 7) is 2.84. The number of pyridine rings is 1. The number of morpholine rings is 1. The Balaban J connectivity index is 2.30. The predicted molar refractivity (Wildman–Crippen MR) is 74.1 cm³/mol. The molecule has 8 heteroatoms. The zero-order valence-electron chi connectivity index (χ0n) is 11.4. The molecular weight excluding hydrogens is 264 g/mol. The number of aliphatic hydroxyl groups excluding tert-OH is 1. The molecule has 0 spiro atoms. The molecule has 1 aromatic rings. The summed E-state index contributed by atoms with van der Waals surface area (Å²) in [6, 6.07) is 2.82. The molecule has 1 aliphatic rings. The number of aromatic nitrogens is 1. The highest BCUT2D eigenvalue weighted by Gasteiger charge is 2.27. The molecule has 0 radical (unpaired) electrons. The smallest absolute Gasteiger partial charge is 0.276 e. The van der Waals surface area contributed by atoms with Crippen LogP contribution in [0.15, 0.2) is 12.1 Å². The normalized spacial score (nSPS) is 22.6. The maximum absolute atomic E-state index is 11.0. The predicted octanol–water partition coefficient (Wildman–Crippen LogP) is 0.617. The van der Waals surface area contributed by atoms with Gasteiger partial charge in [0, 0.05) is 20.1 Å². The summed E-state index contributed by atoms with van der Waals surface area (Å²) in [5.41, 5.74) is -0.0148. The molecule has 0 bridgehead atoms. The van der Waals surface area contributed by atoms with Crippen LogP contribution in [0.2, 0.25) is 0 Å². The second-order valence-corrected chi connectivity index (χ2v) is 4.73. The summed E-state index contributed by atoms with van der Waals surface area (Å²) in [6.07, 6.45) is -0.377. The Morgan fingerprint density at radius 2 is 2.35 bits per heavy atom. The molecule has 0 aromatic carbocycles. The fourth-order valence-electron chi connectivity index (χ4n) is 2.23. The number of nitro groups is 1. The van der Waals surface area contributed by atoms with Gasteiger partial charge in [0.15, 0.2) is 0 Å². The van der Waals surface area contributed by atoms with Crippen molar-refractivity contribution in [2.24, 2.45) is 0 Å². The van der Waals surface area contributed by atoms with Gasteiger partial charge in [0.05, 0.1) is 35.9 Å². The van der Waals surface area contributed by atoms with Crippen molar-refractivity contribution in [3.05, 3.63) is 22.2 Å². The van der Waals surface area contributed by atoms with E-state index in [0.717, 1.165) is 0 Å². The van der Waals surface area contributed by atoms with E-state index in [1.807, 2.05) is 11.8 Å². The van der Waals surface area contributed by atoms with E-state index >= 15 is 0 Å². The molecule has 2 heterocycles. The number of hydrogen-bond donors (Lipinski definition) is 2. The van der Waals surface area contributed by atoms with Gasteiger partial charge in [-0.3, -0.25) is 10.1 Å². The van der Waals surface area contributed by atoms with Crippen LogP contribution < -0.4 is 10.2 Å². The quantitative estimate of drug-likeness (QED) is 0.616. The van der Waals surface area contributed by atoms with Crippen molar-refractivity contribution in [2.45, 2.75) is 19.1 Å². The van der Waals surface area contributed by atoms with Crippen molar-refractivity contribution < 1.29 is 14.8 Å². The Morgan fingerprint density at radius 1 is 1.60 bits per heavy atom. The van der Waals surface area contributed by atoms with Crippen LogP contribution >= 0.6 is 0 Å². The van der Waals surface area contributed by atoms with Gasteiger partial charge in [-0.2, -0.15) is 0 Å². The average molecular weight is 282 g/mol. The Labute approximate surface area is 116 Å². The van der Waals surface area contributed by atoms with E-state index in [-0.39, 0.29) is 24.5 Å². The lowest BCUT2D eigenvalue weighted by Gasteiger charge is -2.36. The largest absolute Gasteiger partial charge is 0.394 e. The van der Waals surface area contributed by atoms with E-state index in [2.05, 4.69) is 10.3 Å². The summed E-state index contributed by atoms with van der Waals surface area (Å²) in [5.74, 6) is 0.950. The maximum Gasteiger partial charge on any atom is 0.276 e. The number of hydrogen-bond acceptors (Lipinski definition) is 7. The summed E-state index contributed by atoms with van der Waals surface area (Å²) < 4.78 is 5.55. The van der Waals surface area contributed by atoms with E-state index in [0.29, 0.717) is 24.7 Å². The van der Waals surface area contributed by atoms with Crippen LogP contribution in [0.25, 0.3) is 0 Å². The van der Waals surface area contributed by atoms with E-state index in [1.165, 1.54) is 12.1 Å². The highest BCUT2D eigenvalue weighted by molar-refractivity contribution is 5.56. The topological polar surface area (TPSA) is 101 Å². The lowest BCUT2D eigenvalue weighted by atomic mass is 10.2. The fourth-order valence-corrected chi connectivity index (χ4v) is 2.23. The number of anilines is 2. The SMILES string of the molecule is CNc1cc([N+](=O)[O-])cc(N2CC(C)OC(CO)C2)n1. The molecule has 2 unspecified atom stereocenters. The fraction of sp³-hybridized carbons (Fsp3) is 0.583. The number of aliphatic hydroxyl groups is 1. The van der Waals surface area contributed by atoms with Crippen LogP contribution in [0.5, 0.6) is 0 Å².